The number of hydrogen-bond donors (Lipinski definition) is 2. The zero-order valence-corrected chi connectivity index (χ0v) is 11.7. The van der Waals surface area contributed by atoms with Gasteiger partial charge >= 0.3 is 5.97 Å². The van der Waals surface area contributed by atoms with Gasteiger partial charge in [0.2, 0.25) is 5.91 Å². The second-order valence-electron chi connectivity index (χ2n) is 4.60. The van der Waals surface area contributed by atoms with Crippen molar-refractivity contribution in [3.8, 4) is 0 Å². The average molecular weight is 296 g/mol. The van der Waals surface area contributed by atoms with Crippen LogP contribution in [0.2, 0.25) is 0 Å². The Morgan fingerprint density at radius 2 is 2.20 bits per heavy atom. The van der Waals surface area contributed by atoms with Crippen LogP contribution in [0, 0.1) is 0 Å². The number of amides is 2. The van der Waals surface area contributed by atoms with Gasteiger partial charge in [-0.3, -0.25) is 9.59 Å². The van der Waals surface area contributed by atoms with Gasteiger partial charge in [0, 0.05) is 6.54 Å². The van der Waals surface area contributed by atoms with Crippen molar-refractivity contribution < 1.29 is 19.5 Å². The second-order valence-corrected chi connectivity index (χ2v) is 5.54. The molecule has 1 aliphatic heterocycles. The smallest absolute Gasteiger partial charge is 0.326 e. The molecular weight excluding hydrogens is 280 g/mol. The van der Waals surface area contributed by atoms with Crippen LogP contribution >= 0.6 is 11.3 Å². The number of rotatable bonds is 4. The van der Waals surface area contributed by atoms with Crippen molar-refractivity contribution in [1.82, 2.24) is 10.2 Å². The molecule has 1 aromatic rings. The largest absolute Gasteiger partial charge is 0.480 e. The molecule has 2 rings (SSSR count). The molecule has 2 N–H and O–H groups in total. The van der Waals surface area contributed by atoms with E-state index in [2.05, 4.69) is 5.32 Å². The molecule has 0 bridgehead atoms. The highest BCUT2D eigenvalue weighted by atomic mass is 32.1. The lowest BCUT2D eigenvalue weighted by Gasteiger charge is -2.32. The zero-order chi connectivity index (χ0) is 14.5. The molecule has 0 unspecified atom stereocenters. The summed E-state index contributed by atoms with van der Waals surface area (Å²) in [6, 6.07) is 2.66. The van der Waals surface area contributed by atoms with Crippen LogP contribution in [0.25, 0.3) is 0 Å². The third-order valence-corrected chi connectivity index (χ3v) is 4.12. The summed E-state index contributed by atoms with van der Waals surface area (Å²) < 4.78 is 0. The number of hydrogen-bond acceptors (Lipinski definition) is 4. The van der Waals surface area contributed by atoms with Gasteiger partial charge in [-0.25, -0.2) is 4.79 Å². The average Bonchev–Trinajstić information content (AvgIpc) is 2.98. The Morgan fingerprint density at radius 1 is 1.40 bits per heavy atom. The molecule has 108 valence electrons. The van der Waals surface area contributed by atoms with E-state index in [0.717, 1.165) is 12.8 Å². The van der Waals surface area contributed by atoms with E-state index in [-0.39, 0.29) is 18.4 Å². The van der Waals surface area contributed by atoms with Crippen LogP contribution < -0.4 is 5.32 Å². The Bertz CT molecular complexity index is 500. The summed E-state index contributed by atoms with van der Waals surface area (Å²) in [4.78, 5) is 36.8. The Balaban J connectivity index is 1.90. The molecule has 1 fully saturated rings. The minimum atomic E-state index is -0.984. The molecule has 7 heteroatoms. The van der Waals surface area contributed by atoms with Crippen molar-refractivity contribution in [2.24, 2.45) is 0 Å². The topological polar surface area (TPSA) is 86.7 Å². The molecule has 0 saturated carbocycles. The summed E-state index contributed by atoms with van der Waals surface area (Å²) in [7, 11) is 0. The molecule has 0 radical (unpaired) electrons. The molecule has 0 aromatic carbocycles. The van der Waals surface area contributed by atoms with Crippen molar-refractivity contribution >= 4 is 29.1 Å². The third kappa shape index (κ3) is 3.36. The second kappa shape index (κ2) is 6.51. The van der Waals surface area contributed by atoms with Crippen LogP contribution in [0.1, 0.15) is 28.9 Å². The summed E-state index contributed by atoms with van der Waals surface area (Å²) in [5, 5.41) is 13.4. The molecular formula is C13H16N2O4S. The maximum Gasteiger partial charge on any atom is 0.326 e. The number of carboxylic acid groups (broad SMARTS) is 1. The number of thiophene rings is 1. The minimum Gasteiger partial charge on any atom is -0.480 e. The van der Waals surface area contributed by atoms with E-state index >= 15 is 0 Å². The highest BCUT2D eigenvalue weighted by molar-refractivity contribution is 7.12. The first-order valence-corrected chi connectivity index (χ1v) is 7.31. The maximum atomic E-state index is 12.0. The number of aliphatic carboxylic acids is 1. The Morgan fingerprint density at radius 3 is 2.85 bits per heavy atom. The Labute approximate surface area is 120 Å². The standard InChI is InChI=1S/C13H16N2O4S/c16-11(8-14-12(17)10-5-3-7-20-10)15-6-2-1-4-9(15)13(18)19/h3,5,7,9H,1-2,4,6,8H2,(H,14,17)(H,18,19)/t9-/m0/s1. The van der Waals surface area contributed by atoms with Crippen LogP contribution in [-0.2, 0) is 9.59 Å². The predicted molar refractivity (Wildman–Crippen MR) is 73.6 cm³/mol. The lowest BCUT2D eigenvalue weighted by Crippen LogP contribution is -2.51. The van der Waals surface area contributed by atoms with E-state index in [1.165, 1.54) is 16.2 Å². The quantitative estimate of drug-likeness (QED) is 0.866. The van der Waals surface area contributed by atoms with Crippen LogP contribution in [0.5, 0.6) is 0 Å². The van der Waals surface area contributed by atoms with E-state index in [4.69, 9.17) is 5.11 Å². The summed E-state index contributed by atoms with van der Waals surface area (Å²) in [6.45, 7) is 0.269. The van der Waals surface area contributed by atoms with Gasteiger partial charge in [-0.15, -0.1) is 11.3 Å². The number of nitrogens with zero attached hydrogens (tertiary/aromatic N) is 1. The van der Waals surface area contributed by atoms with Gasteiger partial charge in [0.1, 0.15) is 6.04 Å². The number of carboxylic acids is 1. The van der Waals surface area contributed by atoms with Gasteiger partial charge in [0.05, 0.1) is 11.4 Å². The molecule has 0 aliphatic carbocycles. The van der Waals surface area contributed by atoms with Gasteiger partial charge in [-0.1, -0.05) is 6.07 Å². The lowest BCUT2D eigenvalue weighted by molar-refractivity contribution is -0.151. The van der Waals surface area contributed by atoms with Gasteiger partial charge in [0.15, 0.2) is 0 Å². The van der Waals surface area contributed by atoms with Crippen molar-refractivity contribution in [2.45, 2.75) is 25.3 Å². The first-order valence-electron chi connectivity index (χ1n) is 6.43. The van der Waals surface area contributed by atoms with Crippen molar-refractivity contribution in [3.63, 3.8) is 0 Å². The Hall–Kier alpha value is -1.89. The molecule has 1 atom stereocenters. The highest BCUT2D eigenvalue weighted by Gasteiger charge is 2.31. The molecule has 20 heavy (non-hydrogen) atoms. The fraction of sp³-hybridized carbons (Fsp3) is 0.462. The number of piperidine rings is 1. The number of carbonyl (C=O) groups is 3. The maximum absolute atomic E-state index is 12.0. The van der Waals surface area contributed by atoms with Crippen molar-refractivity contribution in [2.75, 3.05) is 13.1 Å². The van der Waals surface area contributed by atoms with Gasteiger partial charge in [-0.2, -0.15) is 0 Å². The molecule has 1 aromatic heterocycles. The van der Waals surface area contributed by atoms with E-state index in [9.17, 15) is 14.4 Å². The fourth-order valence-corrected chi connectivity index (χ4v) is 2.88. The monoisotopic (exact) mass is 296 g/mol. The van der Waals surface area contributed by atoms with E-state index in [1.54, 1.807) is 17.5 Å². The number of carbonyl (C=O) groups excluding carboxylic acids is 2. The highest BCUT2D eigenvalue weighted by Crippen LogP contribution is 2.17. The molecule has 2 heterocycles. The molecule has 0 spiro atoms. The number of likely N-dealkylation sites (tertiary alicyclic amines) is 1. The normalized spacial score (nSPS) is 18.6. The third-order valence-electron chi connectivity index (χ3n) is 3.25. The summed E-state index contributed by atoms with van der Waals surface area (Å²) in [6.07, 6.45) is 2.08. The van der Waals surface area contributed by atoms with Crippen LogP contribution in [-0.4, -0.2) is 46.9 Å². The summed E-state index contributed by atoms with van der Waals surface area (Å²) in [5.74, 6) is -1.64. The SMILES string of the molecule is O=C(NCC(=O)N1CCCC[C@H]1C(=O)O)c1cccs1. The molecule has 6 nitrogen and oxygen atoms in total. The van der Waals surface area contributed by atoms with Crippen LogP contribution in [0.4, 0.5) is 0 Å². The first kappa shape index (κ1) is 14.5. The van der Waals surface area contributed by atoms with Gasteiger partial charge in [-0.05, 0) is 30.7 Å². The summed E-state index contributed by atoms with van der Waals surface area (Å²) in [5.41, 5.74) is 0. The van der Waals surface area contributed by atoms with Crippen molar-refractivity contribution in [3.05, 3.63) is 22.4 Å². The zero-order valence-electron chi connectivity index (χ0n) is 10.9. The van der Waals surface area contributed by atoms with Crippen LogP contribution in [0.3, 0.4) is 0 Å². The Kier molecular flexibility index (Phi) is 4.73. The van der Waals surface area contributed by atoms with E-state index in [0.29, 0.717) is 17.8 Å². The minimum absolute atomic E-state index is 0.166. The van der Waals surface area contributed by atoms with Crippen molar-refractivity contribution in [1.29, 1.82) is 0 Å². The van der Waals surface area contributed by atoms with E-state index < -0.39 is 12.0 Å². The fourth-order valence-electron chi connectivity index (χ4n) is 2.24. The molecule has 1 aliphatic rings. The molecule has 2 amide bonds. The van der Waals surface area contributed by atoms with Gasteiger partial charge in [0.25, 0.3) is 5.91 Å². The first-order chi connectivity index (χ1) is 9.59. The predicted octanol–water partition coefficient (Wildman–Crippen LogP) is 0.944. The van der Waals surface area contributed by atoms with Gasteiger partial charge < -0.3 is 15.3 Å². The summed E-state index contributed by atoms with van der Waals surface area (Å²) >= 11 is 1.29. The molecule has 1 saturated heterocycles. The van der Waals surface area contributed by atoms with Crippen LogP contribution in [0.15, 0.2) is 17.5 Å². The number of nitrogens with one attached hydrogen (secondary N) is 1. The van der Waals surface area contributed by atoms with E-state index in [1.807, 2.05) is 0 Å². The lowest BCUT2D eigenvalue weighted by atomic mass is 10.0.